The molecule has 0 aromatic rings. The van der Waals surface area contributed by atoms with Gasteiger partial charge in [0.1, 0.15) is 0 Å². The summed E-state index contributed by atoms with van der Waals surface area (Å²) < 4.78 is 0. The molecular weight excluding hydrogens is 250 g/mol. The summed E-state index contributed by atoms with van der Waals surface area (Å²) in [4.78, 5) is 16.6. The molecule has 1 aliphatic heterocycles. The Morgan fingerprint density at radius 3 is 2.45 bits per heavy atom. The van der Waals surface area contributed by atoms with Crippen molar-refractivity contribution in [3.63, 3.8) is 0 Å². The first-order valence-electron chi connectivity index (χ1n) is 8.39. The highest BCUT2D eigenvalue weighted by atomic mass is 16.2. The van der Waals surface area contributed by atoms with E-state index in [1.54, 1.807) is 0 Å². The Kier molecular flexibility index (Phi) is 6.30. The van der Waals surface area contributed by atoms with E-state index in [0.29, 0.717) is 18.4 Å². The van der Waals surface area contributed by atoms with Crippen LogP contribution in [0.2, 0.25) is 0 Å². The first-order valence-corrected chi connectivity index (χ1v) is 8.39. The molecule has 0 bridgehead atoms. The molecule has 0 aromatic heterocycles. The van der Waals surface area contributed by atoms with Crippen LogP contribution in [0.5, 0.6) is 0 Å². The van der Waals surface area contributed by atoms with Crippen molar-refractivity contribution < 1.29 is 4.79 Å². The summed E-state index contributed by atoms with van der Waals surface area (Å²) >= 11 is 0. The summed E-state index contributed by atoms with van der Waals surface area (Å²) in [6.45, 7) is 6.88. The molecule has 1 amide bonds. The van der Waals surface area contributed by atoms with Crippen molar-refractivity contribution in [1.82, 2.24) is 15.1 Å². The zero-order valence-electron chi connectivity index (χ0n) is 13.2. The molecule has 0 spiro atoms. The van der Waals surface area contributed by atoms with Crippen LogP contribution in [0.3, 0.4) is 0 Å². The molecule has 116 valence electrons. The maximum atomic E-state index is 12.2. The molecule has 0 aromatic carbocycles. The van der Waals surface area contributed by atoms with Gasteiger partial charge in [-0.25, -0.2) is 0 Å². The predicted octanol–water partition coefficient (Wildman–Crippen LogP) is 1.71. The average molecular weight is 281 g/mol. The number of hydrogen-bond acceptors (Lipinski definition) is 3. The van der Waals surface area contributed by atoms with Crippen molar-refractivity contribution in [3.05, 3.63) is 0 Å². The first kappa shape index (κ1) is 15.8. The molecular formula is C16H31N3O. The average Bonchev–Trinajstić information content (AvgIpc) is 2.53. The molecule has 1 saturated carbocycles. The lowest BCUT2D eigenvalue weighted by molar-refractivity contribution is -0.132. The van der Waals surface area contributed by atoms with Crippen molar-refractivity contribution in [2.24, 2.45) is 5.92 Å². The van der Waals surface area contributed by atoms with Gasteiger partial charge in [-0.1, -0.05) is 13.3 Å². The third kappa shape index (κ3) is 4.45. The number of amides is 1. The maximum absolute atomic E-state index is 12.2. The molecule has 0 unspecified atom stereocenters. The molecule has 1 saturated heterocycles. The smallest absolute Gasteiger partial charge is 0.223 e. The second-order valence-electron chi connectivity index (χ2n) is 6.44. The van der Waals surface area contributed by atoms with E-state index in [-0.39, 0.29) is 0 Å². The van der Waals surface area contributed by atoms with Crippen LogP contribution in [0.25, 0.3) is 0 Å². The van der Waals surface area contributed by atoms with Crippen LogP contribution < -0.4 is 5.32 Å². The Hall–Kier alpha value is -0.610. The van der Waals surface area contributed by atoms with Crippen molar-refractivity contribution >= 4 is 5.91 Å². The minimum absolute atomic E-state index is 0.334. The van der Waals surface area contributed by atoms with Gasteiger partial charge in [-0.3, -0.25) is 4.79 Å². The van der Waals surface area contributed by atoms with Gasteiger partial charge in [-0.2, -0.15) is 0 Å². The van der Waals surface area contributed by atoms with Gasteiger partial charge in [0.05, 0.1) is 0 Å². The number of piperazine rings is 1. The number of rotatable bonds is 5. The van der Waals surface area contributed by atoms with E-state index < -0.39 is 0 Å². The number of nitrogens with zero attached hydrogens (tertiary/aromatic N) is 2. The minimum Gasteiger partial charge on any atom is -0.340 e. The van der Waals surface area contributed by atoms with E-state index in [1.807, 2.05) is 4.90 Å². The van der Waals surface area contributed by atoms with E-state index in [0.717, 1.165) is 38.6 Å². The van der Waals surface area contributed by atoms with Gasteiger partial charge in [0.2, 0.25) is 5.91 Å². The van der Waals surface area contributed by atoms with Crippen molar-refractivity contribution in [1.29, 1.82) is 0 Å². The predicted molar refractivity (Wildman–Crippen MR) is 82.7 cm³/mol. The Morgan fingerprint density at radius 2 is 1.85 bits per heavy atom. The summed E-state index contributed by atoms with van der Waals surface area (Å²) in [5, 5.41) is 3.29. The highest BCUT2D eigenvalue weighted by Gasteiger charge is 2.24. The Morgan fingerprint density at radius 1 is 1.20 bits per heavy atom. The number of carbonyl (C=O) groups is 1. The lowest BCUT2D eigenvalue weighted by atomic mass is 9.84. The Bertz CT molecular complexity index is 294. The molecule has 4 nitrogen and oxygen atoms in total. The lowest BCUT2D eigenvalue weighted by Gasteiger charge is -2.35. The molecule has 20 heavy (non-hydrogen) atoms. The highest BCUT2D eigenvalue weighted by molar-refractivity contribution is 5.76. The summed E-state index contributed by atoms with van der Waals surface area (Å²) in [6, 6.07) is 0.702. The second-order valence-corrected chi connectivity index (χ2v) is 6.44. The maximum Gasteiger partial charge on any atom is 0.223 e. The zero-order chi connectivity index (χ0) is 14.4. The van der Waals surface area contributed by atoms with Gasteiger partial charge in [-0.15, -0.1) is 0 Å². The van der Waals surface area contributed by atoms with Crippen LogP contribution in [0.15, 0.2) is 0 Å². The topological polar surface area (TPSA) is 35.6 Å². The SMILES string of the molecule is CCC1CCC(N(C)CCC(=O)N2CCNCC2)CC1. The van der Waals surface area contributed by atoms with Crippen molar-refractivity contribution in [3.8, 4) is 0 Å². The molecule has 4 heteroatoms. The molecule has 2 aliphatic rings. The monoisotopic (exact) mass is 281 g/mol. The molecule has 1 N–H and O–H groups in total. The van der Waals surface area contributed by atoms with Crippen molar-refractivity contribution in [2.45, 2.75) is 51.5 Å². The number of carbonyl (C=O) groups excluding carboxylic acids is 1. The van der Waals surface area contributed by atoms with Gasteiger partial charge in [0.25, 0.3) is 0 Å². The van der Waals surface area contributed by atoms with Gasteiger partial charge in [0, 0.05) is 45.2 Å². The molecule has 0 atom stereocenters. The van der Waals surface area contributed by atoms with Gasteiger partial charge >= 0.3 is 0 Å². The third-order valence-electron chi connectivity index (χ3n) is 5.17. The van der Waals surface area contributed by atoms with Gasteiger partial charge < -0.3 is 15.1 Å². The van der Waals surface area contributed by atoms with Crippen LogP contribution >= 0.6 is 0 Å². The largest absolute Gasteiger partial charge is 0.340 e. The first-order chi connectivity index (χ1) is 9.70. The fraction of sp³-hybridized carbons (Fsp3) is 0.938. The fourth-order valence-corrected chi connectivity index (χ4v) is 3.52. The molecule has 2 rings (SSSR count). The van der Waals surface area contributed by atoms with Crippen LogP contribution in [0.1, 0.15) is 45.4 Å². The van der Waals surface area contributed by atoms with Crippen LogP contribution in [0, 0.1) is 5.92 Å². The summed E-state index contributed by atoms with van der Waals surface area (Å²) in [6.07, 6.45) is 7.39. The number of nitrogens with one attached hydrogen (secondary N) is 1. The van der Waals surface area contributed by atoms with Crippen molar-refractivity contribution in [2.75, 3.05) is 39.8 Å². The molecule has 1 aliphatic carbocycles. The van der Waals surface area contributed by atoms with Crippen LogP contribution in [-0.2, 0) is 4.79 Å². The highest BCUT2D eigenvalue weighted by Crippen LogP contribution is 2.28. The summed E-state index contributed by atoms with van der Waals surface area (Å²) in [5.41, 5.74) is 0. The zero-order valence-corrected chi connectivity index (χ0v) is 13.2. The third-order valence-corrected chi connectivity index (χ3v) is 5.17. The summed E-state index contributed by atoms with van der Waals surface area (Å²) in [7, 11) is 2.20. The van der Waals surface area contributed by atoms with E-state index in [1.165, 1.54) is 32.1 Å². The van der Waals surface area contributed by atoms with E-state index in [4.69, 9.17) is 0 Å². The summed E-state index contributed by atoms with van der Waals surface area (Å²) in [5.74, 6) is 1.28. The lowest BCUT2D eigenvalue weighted by Crippen LogP contribution is -2.47. The quantitative estimate of drug-likeness (QED) is 0.833. The number of hydrogen-bond donors (Lipinski definition) is 1. The van der Waals surface area contributed by atoms with E-state index >= 15 is 0 Å². The molecule has 1 heterocycles. The minimum atomic E-state index is 0.334. The normalized spacial score (nSPS) is 27.9. The van der Waals surface area contributed by atoms with E-state index in [9.17, 15) is 4.79 Å². The Labute approximate surface area is 123 Å². The van der Waals surface area contributed by atoms with Crippen LogP contribution in [-0.4, -0.2) is 61.5 Å². The molecule has 0 radical (unpaired) electrons. The second kappa shape index (κ2) is 7.99. The fourth-order valence-electron chi connectivity index (χ4n) is 3.52. The van der Waals surface area contributed by atoms with Crippen LogP contribution in [0.4, 0.5) is 0 Å². The van der Waals surface area contributed by atoms with E-state index in [2.05, 4.69) is 24.2 Å². The Balaban J connectivity index is 1.66. The van der Waals surface area contributed by atoms with Gasteiger partial charge in [-0.05, 0) is 38.6 Å². The molecule has 2 fully saturated rings. The standard InChI is InChI=1S/C16H31N3O/c1-3-14-4-6-15(7-5-14)18(2)11-8-16(20)19-12-9-17-10-13-19/h14-15,17H,3-13H2,1-2H3. The van der Waals surface area contributed by atoms with Gasteiger partial charge in [0.15, 0.2) is 0 Å².